The van der Waals surface area contributed by atoms with E-state index < -0.39 is 5.60 Å². The third kappa shape index (κ3) is 5.01. The number of ether oxygens (including phenoxy) is 1. The third-order valence-corrected chi connectivity index (χ3v) is 4.22. The van der Waals surface area contributed by atoms with Gasteiger partial charge in [-0.3, -0.25) is 0 Å². The van der Waals surface area contributed by atoms with Gasteiger partial charge in [-0.15, -0.1) is 0 Å². The fourth-order valence-electron chi connectivity index (χ4n) is 2.86. The molecule has 3 rings (SSSR count). The summed E-state index contributed by atoms with van der Waals surface area (Å²) in [5, 5.41) is 13.0. The number of benzene rings is 1. The number of nitrogens with one attached hydrogen (secondary N) is 1. The van der Waals surface area contributed by atoms with Crippen LogP contribution in [0.5, 0.6) is 5.75 Å². The van der Waals surface area contributed by atoms with Gasteiger partial charge in [0.1, 0.15) is 17.2 Å². The molecule has 0 unspecified atom stereocenters. The number of nitrogens with zero attached hydrogens (tertiary/aromatic N) is 3. The SMILES string of the molecule is CC(C)(C)OC(=O)N1CCc2nc(Cl)nc(NCc3cccc(O)c3)c2C1. The van der Waals surface area contributed by atoms with Crippen LogP contribution in [0.2, 0.25) is 5.28 Å². The molecule has 1 aliphatic rings. The normalized spacial score (nSPS) is 13.9. The molecule has 8 heteroatoms. The predicted octanol–water partition coefficient (Wildman–Crippen LogP) is 3.74. The molecule has 2 aromatic rings. The van der Waals surface area contributed by atoms with Crippen LogP contribution in [-0.2, 0) is 24.2 Å². The highest BCUT2D eigenvalue weighted by atomic mass is 35.5. The van der Waals surface area contributed by atoms with Crippen molar-refractivity contribution in [3.05, 3.63) is 46.4 Å². The van der Waals surface area contributed by atoms with E-state index in [0.29, 0.717) is 31.9 Å². The van der Waals surface area contributed by atoms with Crippen LogP contribution in [0, 0.1) is 0 Å². The lowest BCUT2D eigenvalue weighted by molar-refractivity contribution is 0.0223. The fourth-order valence-corrected chi connectivity index (χ4v) is 3.05. The van der Waals surface area contributed by atoms with Gasteiger partial charge < -0.3 is 20.1 Å². The summed E-state index contributed by atoms with van der Waals surface area (Å²) in [5.74, 6) is 0.787. The van der Waals surface area contributed by atoms with Crippen molar-refractivity contribution in [2.75, 3.05) is 11.9 Å². The molecule has 0 spiro atoms. The van der Waals surface area contributed by atoms with Crippen molar-refractivity contribution in [2.24, 2.45) is 0 Å². The number of rotatable bonds is 3. The first-order valence-corrected chi connectivity index (χ1v) is 9.14. The first kappa shape index (κ1) is 19.2. The van der Waals surface area contributed by atoms with Crippen LogP contribution in [0.25, 0.3) is 0 Å². The number of halogens is 1. The van der Waals surface area contributed by atoms with E-state index in [1.165, 1.54) is 0 Å². The van der Waals surface area contributed by atoms with Crippen molar-refractivity contribution < 1.29 is 14.6 Å². The Bertz CT molecular complexity index is 851. The summed E-state index contributed by atoms with van der Waals surface area (Å²) in [5.41, 5.74) is 2.01. The minimum absolute atomic E-state index is 0.165. The van der Waals surface area contributed by atoms with Crippen LogP contribution >= 0.6 is 11.6 Å². The van der Waals surface area contributed by atoms with Crippen molar-refractivity contribution in [1.82, 2.24) is 14.9 Å². The lowest BCUT2D eigenvalue weighted by atomic mass is 10.1. The van der Waals surface area contributed by atoms with Gasteiger partial charge in [-0.25, -0.2) is 14.8 Å². The second kappa shape index (κ2) is 7.60. The zero-order valence-corrected chi connectivity index (χ0v) is 16.4. The van der Waals surface area contributed by atoms with Crippen LogP contribution in [-0.4, -0.2) is 38.2 Å². The zero-order chi connectivity index (χ0) is 19.6. The molecule has 0 aliphatic carbocycles. The molecule has 1 amide bonds. The number of phenolic OH excluding ortho intramolecular Hbond substituents is 1. The number of carbonyl (C=O) groups excluding carboxylic acids is 1. The largest absolute Gasteiger partial charge is 0.508 e. The first-order valence-electron chi connectivity index (χ1n) is 8.76. The predicted molar refractivity (Wildman–Crippen MR) is 103 cm³/mol. The molecular formula is C19H23ClN4O3. The Morgan fingerprint density at radius 3 is 2.85 bits per heavy atom. The maximum atomic E-state index is 12.4. The molecule has 2 N–H and O–H groups in total. The van der Waals surface area contributed by atoms with Gasteiger partial charge >= 0.3 is 6.09 Å². The first-order chi connectivity index (χ1) is 12.7. The van der Waals surface area contributed by atoms with Crippen molar-refractivity contribution in [1.29, 1.82) is 0 Å². The van der Waals surface area contributed by atoms with Gasteiger partial charge in [0.05, 0.1) is 12.2 Å². The van der Waals surface area contributed by atoms with Gasteiger partial charge in [0.2, 0.25) is 5.28 Å². The number of fused-ring (bicyclic) bond motifs is 1. The quantitative estimate of drug-likeness (QED) is 0.776. The molecule has 0 radical (unpaired) electrons. The van der Waals surface area contributed by atoms with Gasteiger partial charge in [-0.2, -0.15) is 0 Å². The van der Waals surface area contributed by atoms with E-state index in [9.17, 15) is 9.90 Å². The lowest BCUT2D eigenvalue weighted by Crippen LogP contribution is -2.40. The summed E-state index contributed by atoms with van der Waals surface area (Å²) in [6.45, 7) is 6.85. The van der Waals surface area contributed by atoms with Gasteiger partial charge in [-0.1, -0.05) is 12.1 Å². The standard InChI is InChI=1S/C19H23ClN4O3/c1-19(2,3)27-18(26)24-8-7-15-14(11-24)16(23-17(20)22-15)21-10-12-5-4-6-13(25)9-12/h4-6,9,25H,7-8,10-11H2,1-3H3,(H,21,22,23). The van der Waals surface area contributed by atoms with Crippen molar-refractivity contribution in [3.8, 4) is 5.75 Å². The average molecular weight is 391 g/mol. The summed E-state index contributed by atoms with van der Waals surface area (Å²) < 4.78 is 5.47. The van der Waals surface area contributed by atoms with E-state index in [2.05, 4.69) is 15.3 Å². The summed E-state index contributed by atoms with van der Waals surface area (Å²) in [7, 11) is 0. The number of amides is 1. The van der Waals surface area contributed by atoms with Gasteiger partial charge in [0.25, 0.3) is 0 Å². The molecule has 7 nitrogen and oxygen atoms in total. The number of hydrogen-bond acceptors (Lipinski definition) is 6. The van der Waals surface area contributed by atoms with Crippen LogP contribution < -0.4 is 5.32 Å². The Hall–Kier alpha value is -2.54. The Labute approximate surface area is 163 Å². The van der Waals surface area contributed by atoms with E-state index in [4.69, 9.17) is 16.3 Å². The highest BCUT2D eigenvalue weighted by Crippen LogP contribution is 2.27. The van der Waals surface area contributed by atoms with Crippen molar-refractivity contribution in [3.63, 3.8) is 0 Å². The maximum Gasteiger partial charge on any atom is 0.410 e. The molecule has 27 heavy (non-hydrogen) atoms. The fraction of sp³-hybridized carbons (Fsp3) is 0.421. The summed E-state index contributed by atoms with van der Waals surface area (Å²) in [6, 6.07) is 6.97. The second-order valence-electron chi connectivity index (χ2n) is 7.44. The average Bonchev–Trinajstić information content (AvgIpc) is 2.57. The molecule has 0 saturated carbocycles. The molecule has 0 atom stereocenters. The molecule has 1 aromatic heterocycles. The zero-order valence-electron chi connectivity index (χ0n) is 15.6. The number of hydrogen-bond donors (Lipinski definition) is 2. The van der Waals surface area contributed by atoms with E-state index in [1.54, 1.807) is 23.1 Å². The lowest BCUT2D eigenvalue weighted by Gasteiger charge is -2.31. The second-order valence-corrected chi connectivity index (χ2v) is 7.78. The number of aromatic nitrogens is 2. The molecule has 144 valence electrons. The minimum atomic E-state index is -0.551. The van der Waals surface area contributed by atoms with Crippen LogP contribution in [0.15, 0.2) is 24.3 Å². The van der Waals surface area contributed by atoms with E-state index in [0.717, 1.165) is 16.8 Å². The molecule has 0 saturated heterocycles. The van der Waals surface area contributed by atoms with Crippen LogP contribution in [0.3, 0.4) is 0 Å². The van der Waals surface area contributed by atoms with Crippen molar-refractivity contribution in [2.45, 2.75) is 45.9 Å². The number of anilines is 1. The monoisotopic (exact) mass is 390 g/mol. The molecule has 0 fully saturated rings. The molecular weight excluding hydrogens is 368 g/mol. The van der Waals surface area contributed by atoms with Gasteiger partial charge in [0.15, 0.2) is 0 Å². The molecule has 2 heterocycles. The third-order valence-electron chi connectivity index (χ3n) is 4.06. The van der Waals surface area contributed by atoms with E-state index in [1.807, 2.05) is 26.8 Å². The van der Waals surface area contributed by atoms with Crippen LogP contribution in [0.4, 0.5) is 10.6 Å². The number of phenols is 1. The topological polar surface area (TPSA) is 87.6 Å². The number of aromatic hydroxyl groups is 1. The molecule has 0 bridgehead atoms. The number of carbonyl (C=O) groups is 1. The van der Waals surface area contributed by atoms with Gasteiger partial charge in [0, 0.05) is 25.1 Å². The molecule has 1 aliphatic heterocycles. The Morgan fingerprint density at radius 1 is 1.37 bits per heavy atom. The van der Waals surface area contributed by atoms with Crippen molar-refractivity contribution >= 4 is 23.5 Å². The van der Waals surface area contributed by atoms with Gasteiger partial charge in [-0.05, 0) is 50.1 Å². The Kier molecular flexibility index (Phi) is 5.41. The highest BCUT2D eigenvalue weighted by Gasteiger charge is 2.28. The van der Waals surface area contributed by atoms with Crippen LogP contribution in [0.1, 0.15) is 37.6 Å². The highest BCUT2D eigenvalue weighted by molar-refractivity contribution is 6.28. The van der Waals surface area contributed by atoms with E-state index >= 15 is 0 Å². The van der Waals surface area contributed by atoms with E-state index in [-0.39, 0.29) is 17.1 Å². The summed E-state index contributed by atoms with van der Waals surface area (Å²) in [4.78, 5) is 22.7. The Balaban J connectivity index is 1.79. The molecule has 1 aromatic carbocycles. The Morgan fingerprint density at radius 2 is 2.15 bits per heavy atom. The smallest absolute Gasteiger partial charge is 0.410 e. The minimum Gasteiger partial charge on any atom is -0.508 e. The maximum absolute atomic E-state index is 12.4. The summed E-state index contributed by atoms with van der Waals surface area (Å²) >= 11 is 6.07. The summed E-state index contributed by atoms with van der Waals surface area (Å²) in [6.07, 6.45) is 0.222.